The van der Waals surface area contributed by atoms with E-state index in [1.54, 1.807) is 0 Å². The lowest BCUT2D eigenvalue weighted by molar-refractivity contribution is 0.330. The minimum absolute atomic E-state index is 0. The predicted octanol–water partition coefficient (Wildman–Crippen LogP) is -1.13. The second kappa shape index (κ2) is 8.93. The Hall–Kier alpha value is 0.112. The summed E-state index contributed by atoms with van der Waals surface area (Å²) in [7, 11) is -3.13. The molecular formula is H2BO3PSi. The van der Waals surface area contributed by atoms with Crippen LogP contribution < -0.4 is 0 Å². The van der Waals surface area contributed by atoms with Crippen molar-refractivity contribution >= 4 is 27.5 Å². The standard InChI is InChI=1S/B.H2O3Si.P/c;1-4(2)3;/h;1-2H;. The number of hydrogen-bond donors (Lipinski definition) is 2. The molecule has 0 aromatic rings. The molecule has 0 bridgehead atoms. The van der Waals surface area contributed by atoms with Gasteiger partial charge in [-0.25, -0.2) is 0 Å². The Kier molecular flexibility index (Phi) is 24.5. The Morgan fingerprint density at radius 3 is 1.33 bits per heavy atom. The normalized spacial score (nSPS) is 4.00. The van der Waals surface area contributed by atoms with Crippen molar-refractivity contribution in [2.45, 2.75) is 0 Å². The van der Waals surface area contributed by atoms with Crippen LogP contribution in [0.1, 0.15) is 0 Å². The molecule has 0 aromatic carbocycles. The van der Waals surface area contributed by atoms with Gasteiger partial charge in [-0.15, -0.1) is 0 Å². The second-order valence-electron chi connectivity index (χ2n) is 0.283. The molecule has 6 radical (unpaired) electrons. The number of hydrogen-bond acceptors (Lipinski definition) is 1. The molecule has 3 nitrogen and oxygen atoms in total. The number of rotatable bonds is 0. The van der Waals surface area contributed by atoms with E-state index in [1.165, 1.54) is 0 Å². The fraction of sp³-hybridized carbons (Fsp3) is 0. The van der Waals surface area contributed by atoms with Crippen LogP contribution in [0.2, 0.25) is 0 Å². The Morgan fingerprint density at radius 2 is 1.33 bits per heavy atom. The van der Waals surface area contributed by atoms with Gasteiger partial charge in [-0.2, -0.15) is 0 Å². The lowest BCUT2D eigenvalue weighted by atomic mass is 10.8. The second-order valence-corrected chi connectivity index (χ2v) is 0.848. The third kappa shape index (κ3) is 3180. The Morgan fingerprint density at radius 1 is 1.33 bits per heavy atom. The molecule has 0 rings (SSSR count). The fourth-order valence-electron chi connectivity index (χ4n) is 0. The molecule has 2 N–H and O–H groups in total. The quantitative estimate of drug-likeness (QED) is 0.314. The highest BCUT2D eigenvalue weighted by molar-refractivity contribution is 6.92. The summed E-state index contributed by atoms with van der Waals surface area (Å²) in [4.78, 5) is 14.3. The summed E-state index contributed by atoms with van der Waals surface area (Å²) < 4.78 is 8.74. The van der Waals surface area contributed by atoms with E-state index in [-0.39, 0.29) is 18.3 Å². The molecular weight excluding hydrogens is 118 g/mol. The summed E-state index contributed by atoms with van der Waals surface area (Å²) in [6.45, 7) is 0. The highest BCUT2D eigenvalue weighted by Gasteiger charge is 1.85. The van der Waals surface area contributed by atoms with Gasteiger partial charge in [0.15, 0.2) is 0 Å². The lowest BCUT2D eigenvalue weighted by Gasteiger charge is -1.55. The largest absolute Gasteiger partial charge is 0.761 e. The average Bonchev–Trinajstić information content (AvgIpc) is 0.811. The first-order valence-electron chi connectivity index (χ1n) is 0.651. The van der Waals surface area contributed by atoms with Gasteiger partial charge in [0.1, 0.15) is 0 Å². The first-order valence-corrected chi connectivity index (χ1v) is 1.95. The van der Waals surface area contributed by atoms with Gasteiger partial charge in [-0.3, -0.25) is 4.46 Å². The molecule has 0 spiro atoms. The topological polar surface area (TPSA) is 57.5 Å². The zero-order valence-electron chi connectivity index (χ0n) is 2.83. The summed E-state index contributed by atoms with van der Waals surface area (Å²) in [5.74, 6) is 0. The fourth-order valence-corrected chi connectivity index (χ4v) is 0. The molecule has 0 aliphatic carbocycles. The first-order chi connectivity index (χ1) is 1.73. The van der Waals surface area contributed by atoms with Gasteiger partial charge in [-0.1, -0.05) is 0 Å². The van der Waals surface area contributed by atoms with Crippen molar-refractivity contribution in [1.82, 2.24) is 0 Å². The summed E-state index contributed by atoms with van der Waals surface area (Å²) >= 11 is 0. The van der Waals surface area contributed by atoms with E-state index in [9.17, 15) is 0 Å². The summed E-state index contributed by atoms with van der Waals surface area (Å²) in [6, 6.07) is 0. The molecule has 0 aliphatic heterocycles. The van der Waals surface area contributed by atoms with Gasteiger partial charge in [0, 0.05) is 18.3 Å². The molecule has 0 aromatic heterocycles. The molecule has 0 saturated carbocycles. The Labute approximate surface area is 42.5 Å². The minimum Gasteiger partial charge on any atom is -0.511 e. The van der Waals surface area contributed by atoms with Crippen LogP contribution in [-0.4, -0.2) is 27.2 Å². The zero-order chi connectivity index (χ0) is 3.58. The Balaban J connectivity index is -0.0000000450. The highest BCUT2D eigenvalue weighted by atomic mass is 31.0. The minimum atomic E-state index is -3.13. The van der Waals surface area contributed by atoms with Crippen molar-refractivity contribution in [2.75, 3.05) is 0 Å². The van der Waals surface area contributed by atoms with Crippen molar-refractivity contribution in [1.29, 1.82) is 0 Å². The maximum atomic E-state index is 8.74. The van der Waals surface area contributed by atoms with Gasteiger partial charge in [0.25, 0.3) is 0 Å². The molecule has 0 amide bonds. The molecule has 0 unspecified atom stereocenters. The van der Waals surface area contributed by atoms with E-state index < -0.39 is 9.17 Å². The van der Waals surface area contributed by atoms with Crippen molar-refractivity contribution in [2.24, 2.45) is 0 Å². The van der Waals surface area contributed by atoms with E-state index >= 15 is 0 Å². The van der Waals surface area contributed by atoms with E-state index in [0.717, 1.165) is 0 Å². The molecule has 32 valence electrons. The average molecular weight is 120 g/mol. The predicted molar refractivity (Wildman–Crippen MR) is 23.6 cm³/mol. The van der Waals surface area contributed by atoms with E-state index in [4.69, 9.17) is 14.1 Å². The van der Waals surface area contributed by atoms with Crippen LogP contribution in [0.4, 0.5) is 0 Å². The van der Waals surface area contributed by atoms with Gasteiger partial charge < -0.3 is 9.59 Å². The van der Waals surface area contributed by atoms with Gasteiger partial charge in [0.2, 0.25) is 0 Å². The van der Waals surface area contributed by atoms with E-state index in [0.29, 0.717) is 0 Å². The van der Waals surface area contributed by atoms with Crippen LogP contribution in [0.5, 0.6) is 0 Å². The van der Waals surface area contributed by atoms with E-state index in [1.807, 2.05) is 0 Å². The molecule has 0 aliphatic rings. The molecule has 6 heavy (non-hydrogen) atoms. The summed E-state index contributed by atoms with van der Waals surface area (Å²) in [5.41, 5.74) is 0. The van der Waals surface area contributed by atoms with Crippen LogP contribution >= 0.6 is 9.90 Å². The van der Waals surface area contributed by atoms with Gasteiger partial charge in [0.05, 0.1) is 0 Å². The first kappa shape index (κ1) is 16.5. The third-order valence-corrected chi connectivity index (χ3v) is 0. The summed E-state index contributed by atoms with van der Waals surface area (Å²) in [6.07, 6.45) is 0. The SMILES string of the molecule is O=[Si](O)O.[B].[P]. The zero-order valence-corrected chi connectivity index (χ0v) is 4.72. The van der Waals surface area contributed by atoms with Crippen LogP contribution in [0, 0.1) is 0 Å². The molecule has 0 atom stereocenters. The van der Waals surface area contributed by atoms with Crippen LogP contribution in [0.3, 0.4) is 0 Å². The Bertz CT molecular complexity index is 33.8. The maximum Gasteiger partial charge on any atom is 0.761 e. The summed E-state index contributed by atoms with van der Waals surface area (Å²) in [5, 5.41) is 0. The smallest absolute Gasteiger partial charge is 0.511 e. The van der Waals surface area contributed by atoms with Crippen LogP contribution in [0.15, 0.2) is 0 Å². The maximum absolute atomic E-state index is 8.74. The van der Waals surface area contributed by atoms with Crippen molar-refractivity contribution in [3.8, 4) is 0 Å². The molecule has 6 heteroatoms. The third-order valence-electron chi connectivity index (χ3n) is 0. The monoisotopic (exact) mass is 120 g/mol. The molecule has 0 fully saturated rings. The van der Waals surface area contributed by atoms with Crippen molar-refractivity contribution in [3.05, 3.63) is 0 Å². The lowest BCUT2D eigenvalue weighted by Crippen LogP contribution is -1.90. The molecule has 0 heterocycles. The highest BCUT2D eigenvalue weighted by Crippen LogP contribution is 1.27. The van der Waals surface area contributed by atoms with Gasteiger partial charge in [-0.05, 0) is 0 Å². The van der Waals surface area contributed by atoms with Crippen molar-refractivity contribution < 1.29 is 14.1 Å². The van der Waals surface area contributed by atoms with Crippen LogP contribution in [0.25, 0.3) is 0 Å². The molecule has 0 saturated heterocycles. The van der Waals surface area contributed by atoms with Gasteiger partial charge >= 0.3 is 9.17 Å². The van der Waals surface area contributed by atoms with Crippen LogP contribution in [-0.2, 0) is 4.46 Å². The van der Waals surface area contributed by atoms with Crippen molar-refractivity contribution in [3.63, 3.8) is 0 Å². The van der Waals surface area contributed by atoms with E-state index in [2.05, 4.69) is 0 Å².